The molecule has 3 aromatic rings. The topological polar surface area (TPSA) is 59.1 Å². The van der Waals surface area contributed by atoms with Crippen LogP contribution in [-0.4, -0.2) is 61.6 Å². The van der Waals surface area contributed by atoms with Crippen LogP contribution >= 0.6 is 11.3 Å². The first-order chi connectivity index (χ1) is 17.5. The van der Waals surface area contributed by atoms with Crippen LogP contribution in [0.5, 0.6) is 5.75 Å². The van der Waals surface area contributed by atoms with Crippen LogP contribution in [0.25, 0.3) is 0 Å². The summed E-state index contributed by atoms with van der Waals surface area (Å²) in [6.07, 6.45) is 1.38. The number of nitrogens with zero attached hydrogens (tertiary/aromatic N) is 2. The first-order valence-corrected chi connectivity index (χ1v) is 12.9. The lowest BCUT2D eigenvalue weighted by Crippen LogP contribution is -2.48. The lowest BCUT2D eigenvalue weighted by atomic mass is 10.00. The molecule has 1 unspecified atom stereocenters. The number of benzene rings is 2. The summed E-state index contributed by atoms with van der Waals surface area (Å²) in [4.78, 5) is 31.7. The van der Waals surface area contributed by atoms with Gasteiger partial charge in [-0.1, -0.05) is 24.3 Å². The molecule has 0 saturated carbocycles. The van der Waals surface area contributed by atoms with Gasteiger partial charge in [0.05, 0.1) is 6.04 Å². The molecule has 6 nitrogen and oxygen atoms in total. The first-order valence-electron chi connectivity index (χ1n) is 12.1. The molecule has 1 aliphatic heterocycles. The van der Waals surface area contributed by atoms with Gasteiger partial charge >= 0.3 is 0 Å². The molecule has 0 radical (unpaired) electrons. The molecule has 0 aliphatic carbocycles. The molecule has 1 aliphatic rings. The fraction of sp³-hybridized carbons (Fsp3) is 0.357. The van der Waals surface area contributed by atoms with E-state index >= 15 is 0 Å². The van der Waals surface area contributed by atoms with Crippen molar-refractivity contribution in [1.82, 2.24) is 9.80 Å². The molecule has 36 heavy (non-hydrogen) atoms. The maximum absolute atomic E-state index is 13.7. The first kappa shape index (κ1) is 25.9. The van der Waals surface area contributed by atoms with E-state index in [-0.39, 0.29) is 36.8 Å². The summed E-state index contributed by atoms with van der Waals surface area (Å²) in [7, 11) is 1.62. The third-order valence-corrected chi connectivity index (χ3v) is 7.38. The Morgan fingerprint density at radius 1 is 1.17 bits per heavy atom. The maximum Gasteiger partial charge on any atom is 0.254 e. The molecule has 1 atom stereocenters. The van der Waals surface area contributed by atoms with Crippen LogP contribution in [0.1, 0.15) is 38.8 Å². The van der Waals surface area contributed by atoms with Gasteiger partial charge in [0.15, 0.2) is 0 Å². The SMILES string of the molecule is COCCCN(CC(=O)N1CCc2sccc2C1COc1cccc(F)c1)C(=O)c1ccccc1C. The second-order valence-corrected chi connectivity index (χ2v) is 9.81. The molecule has 0 saturated heterocycles. The van der Waals surface area contributed by atoms with Crippen LogP contribution in [0.2, 0.25) is 0 Å². The van der Waals surface area contributed by atoms with Crippen molar-refractivity contribution in [3.63, 3.8) is 0 Å². The molecule has 2 heterocycles. The Morgan fingerprint density at radius 3 is 2.78 bits per heavy atom. The second kappa shape index (κ2) is 12.1. The zero-order valence-electron chi connectivity index (χ0n) is 20.6. The molecule has 4 rings (SSSR count). The summed E-state index contributed by atoms with van der Waals surface area (Å²) >= 11 is 1.67. The van der Waals surface area contributed by atoms with E-state index < -0.39 is 0 Å². The molecular formula is C28H31FN2O4S. The molecule has 0 bridgehead atoms. The highest BCUT2D eigenvalue weighted by Gasteiger charge is 2.33. The van der Waals surface area contributed by atoms with Crippen LogP contribution < -0.4 is 4.74 Å². The van der Waals surface area contributed by atoms with Crippen LogP contribution in [0, 0.1) is 12.7 Å². The molecule has 1 aromatic heterocycles. The number of hydrogen-bond donors (Lipinski definition) is 0. The molecule has 190 valence electrons. The smallest absolute Gasteiger partial charge is 0.254 e. The largest absolute Gasteiger partial charge is 0.491 e. The van der Waals surface area contributed by atoms with Gasteiger partial charge < -0.3 is 19.3 Å². The summed E-state index contributed by atoms with van der Waals surface area (Å²) in [5, 5.41) is 2.02. The van der Waals surface area contributed by atoms with E-state index in [1.807, 2.05) is 36.6 Å². The molecule has 0 N–H and O–H groups in total. The predicted molar refractivity (Wildman–Crippen MR) is 138 cm³/mol. The maximum atomic E-state index is 13.7. The van der Waals surface area contributed by atoms with Crippen LogP contribution in [0.3, 0.4) is 0 Å². The Kier molecular flexibility index (Phi) is 8.72. The van der Waals surface area contributed by atoms with Gasteiger partial charge in [0, 0.05) is 43.3 Å². The molecule has 8 heteroatoms. The van der Waals surface area contributed by atoms with Crippen molar-refractivity contribution >= 4 is 23.2 Å². The Morgan fingerprint density at radius 2 is 2.00 bits per heavy atom. The zero-order valence-corrected chi connectivity index (χ0v) is 21.4. The van der Waals surface area contributed by atoms with Gasteiger partial charge in [-0.2, -0.15) is 0 Å². The highest BCUT2D eigenvalue weighted by atomic mass is 32.1. The lowest BCUT2D eigenvalue weighted by Gasteiger charge is -2.37. The van der Waals surface area contributed by atoms with E-state index in [1.165, 1.54) is 17.0 Å². The fourth-order valence-corrected chi connectivity index (χ4v) is 5.42. The van der Waals surface area contributed by atoms with Crippen molar-refractivity contribution in [2.75, 3.05) is 40.0 Å². The Labute approximate surface area is 215 Å². The molecule has 2 aromatic carbocycles. The van der Waals surface area contributed by atoms with Gasteiger partial charge in [-0.25, -0.2) is 4.39 Å². The predicted octanol–water partition coefficient (Wildman–Crippen LogP) is 4.88. The van der Waals surface area contributed by atoms with E-state index in [9.17, 15) is 14.0 Å². The van der Waals surface area contributed by atoms with Gasteiger partial charge in [0.1, 0.15) is 24.7 Å². The minimum Gasteiger partial charge on any atom is -0.491 e. The average Bonchev–Trinajstić information content (AvgIpc) is 3.36. The minimum absolute atomic E-state index is 0.0349. The number of amides is 2. The van der Waals surface area contributed by atoms with Crippen molar-refractivity contribution in [3.05, 3.63) is 87.4 Å². The Hall–Kier alpha value is -3.23. The summed E-state index contributed by atoms with van der Waals surface area (Å²) in [5.41, 5.74) is 2.51. The minimum atomic E-state index is -0.373. The van der Waals surface area contributed by atoms with Crippen LogP contribution in [0.15, 0.2) is 60.0 Å². The molecule has 0 spiro atoms. The van der Waals surface area contributed by atoms with Crippen LogP contribution in [-0.2, 0) is 16.0 Å². The molecule has 2 amide bonds. The van der Waals surface area contributed by atoms with E-state index in [4.69, 9.17) is 9.47 Å². The quantitative estimate of drug-likeness (QED) is 0.365. The number of carbonyl (C=O) groups is 2. The monoisotopic (exact) mass is 510 g/mol. The van der Waals surface area contributed by atoms with E-state index in [0.717, 1.165) is 17.5 Å². The van der Waals surface area contributed by atoms with Crippen molar-refractivity contribution < 1.29 is 23.5 Å². The van der Waals surface area contributed by atoms with Crippen molar-refractivity contribution in [3.8, 4) is 5.75 Å². The summed E-state index contributed by atoms with van der Waals surface area (Å²) < 4.78 is 24.8. The van der Waals surface area contributed by atoms with Crippen molar-refractivity contribution in [2.45, 2.75) is 25.8 Å². The normalized spacial score (nSPS) is 14.9. The fourth-order valence-electron chi connectivity index (χ4n) is 4.50. The van der Waals surface area contributed by atoms with Crippen molar-refractivity contribution in [2.24, 2.45) is 0 Å². The standard InChI is InChI=1S/C28H31FN2O4S/c1-20-7-3-4-10-23(20)28(33)30(13-6-15-34-2)18-27(32)31-14-11-26-24(12-16-36-26)25(31)19-35-22-9-5-8-21(29)17-22/h3-5,7-10,12,16-17,25H,6,11,13-15,18-19H2,1-2H3. The van der Waals surface area contributed by atoms with E-state index in [0.29, 0.717) is 37.4 Å². The van der Waals surface area contributed by atoms with E-state index in [2.05, 4.69) is 0 Å². The number of ether oxygens (including phenoxy) is 2. The number of carbonyl (C=O) groups excluding carboxylic acids is 2. The number of aryl methyl sites for hydroxylation is 1. The van der Waals surface area contributed by atoms with Gasteiger partial charge in [0.2, 0.25) is 5.91 Å². The lowest BCUT2D eigenvalue weighted by molar-refractivity contribution is -0.135. The number of rotatable bonds is 10. The Balaban J connectivity index is 1.53. The summed E-state index contributed by atoms with van der Waals surface area (Å²) in [5.74, 6) is -0.264. The number of halogens is 1. The third kappa shape index (κ3) is 6.12. The number of hydrogen-bond acceptors (Lipinski definition) is 5. The summed E-state index contributed by atoms with van der Waals surface area (Å²) in [6, 6.07) is 15.1. The second-order valence-electron chi connectivity index (χ2n) is 8.81. The highest BCUT2D eigenvalue weighted by molar-refractivity contribution is 7.10. The Bertz CT molecular complexity index is 1200. The van der Waals surface area contributed by atoms with Gasteiger partial charge in [-0.15, -0.1) is 11.3 Å². The third-order valence-electron chi connectivity index (χ3n) is 6.38. The molecule has 0 fully saturated rings. The average molecular weight is 511 g/mol. The zero-order chi connectivity index (χ0) is 25.5. The van der Waals surface area contributed by atoms with Crippen LogP contribution in [0.4, 0.5) is 4.39 Å². The number of fused-ring (bicyclic) bond motifs is 1. The molecular weight excluding hydrogens is 479 g/mol. The van der Waals surface area contributed by atoms with Gasteiger partial charge in [0.25, 0.3) is 5.91 Å². The number of methoxy groups -OCH3 is 1. The van der Waals surface area contributed by atoms with Crippen molar-refractivity contribution in [1.29, 1.82) is 0 Å². The highest BCUT2D eigenvalue weighted by Crippen LogP contribution is 2.34. The van der Waals surface area contributed by atoms with E-state index in [1.54, 1.807) is 46.4 Å². The number of thiophene rings is 1. The van der Waals surface area contributed by atoms with Gasteiger partial charge in [-0.05, 0) is 60.5 Å². The van der Waals surface area contributed by atoms with Gasteiger partial charge in [-0.3, -0.25) is 9.59 Å². The summed E-state index contributed by atoms with van der Waals surface area (Å²) in [6.45, 7) is 3.51.